The Bertz CT molecular complexity index is 1450. The molecule has 6 nitrogen and oxygen atoms in total. The van der Waals surface area contributed by atoms with Crippen molar-refractivity contribution in [2.75, 3.05) is 6.61 Å². The van der Waals surface area contributed by atoms with Gasteiger partial charge < -0.3 is 18.8 Å². The van der Waals surface area contributed by atoms with Gasteiger partial charge in [0.15, 0.2) is 0 Å². The van der Waals surface area contributed by atoms with Gasteiger partial charge in [0.05, 0.1) is 17.9 Å². The molecule has 6 heteroatoms. The van der Waals surface area contributed by atoms with Crippen LogP contribution in [0.4, 0.5) is 0 Å². The number of benzene rings is 3. The molecular formula is C31H30N2O4. The summed E-state index contributed by atoms with van der Waals surface area (Å²) in [7, 11) is 0. The standard InChI is InChI=1S/C30H26N2O4.CH4/c1-21-28(31-29(36-21)23-8-4-2-5-9-23)16-17-35-26-14-12-22(13-15-26)18-24-19-32(20-27(24)30(33)34)25-10-6-3-7-11-25;/h2-15,19-20H,16-18H2,1H3,(H,33,34);1H4. The number of carboxylic acid groups (broad SMARTS) is 1. The van der Waals surface area contributed by atoms with E-state index < -0.39 is 5.97 Å². The number of carbonyl (C=O) groups is 1. The van der Waals surface area contributed by atoms with Crippen LogP contribution in [0.2, 0.25) is 0 Å². The van der Waals surface area contributed by atoms with Crippen LogP contribution in [0.1, 0.15) is 40.4 Å². The summed E-state index contributed by atoms with van der Waals surface area (Å²) in [5.74, 6) is 1.24. The average molecular weight is 495 g/mol. The summed E-state index contributed by atoms with van der Waals surface area (Å²) in [5, 5.41) is 9.68. The topological polar surface area (TPSA) is 77.5 Å². The second kappa shape index (κ2) is 11.4. The molecule has 0 aliphatic heterocycles. The Kier molecular flexibility index (Phi) is 7.89. The quantitative estimate of drug-likeness (QED) is 0.239. The van der Waals surface area contributed by atoms with E-state index in [1.165, 1.54) is 0 Å². The molecule has 0 spiro atoms. The Hall–Kier alpha value is -4.58. The summed E-state index contributed by atoms with van der Waals surface area (Å²) in [6, 6.07) is 27.3. The summed E-state index contributed by atoms with van der Waals surface area (Å²) in [5.41, 5.74) is 4.83. The fourth-order valence-electron chi connectivity index (χ4n) is 4.13. The molecule has 0 bridgehead atoms. The molecule has 188 valence electrons. The lowest BCUT2D eigenvalue weighted by atomic mass is 10.0. The first-order chi connectivity index (χ1) is 17.6. The lowest BCUT2D eigenvalue weighted by molar-refractivity contribution is 0.0696. The van der Waals surface area contributed by atoms with E-state index in [0.29, 0.717) is 30.9 Å². The van der Waals surface area contributed by atoms with Crippen LogP contribution in [0.25, 0.3) is 17.1 Å². The van der Waals surface area contributed by atoms with Gasteiger partial charge >= 0.3 is 5.97 Å². The van der Waals surface area contributed by atoms with E-state index in [1.807, 2.05) is 103 Å². The van der Waals surface area contributed by atoms with Gasteiger partial charge in [-0.1, -0.05) is 56.0 Å². The van der Waals surface area contributed by atoms with Crippen LogP contribution < -0.4 is 4.74 Å². The Morgan fingerprint density at radius 1 is 0.946 bits per heavy atom. The van der Waals surface area contributed by atoms with Crippen molar-refractivity contribution in [2.24, 2.45) is 0 Å². The lowest BCUT2D eigenvalue weighted by Crippen LogP contribution is -2.03. The van der Waals surface area contributed by atoms with Crippen LogP contribution in [-0.2, 0) is 12.8 Å². The maximum Gasteiger partial charge on any atom is 0.337 e. The third-order valence-corrected chi connectivity index (χ3v) is 6.03. The van der Waals surface area contributed by atoms with E-state index in [2.05, 4.69) is 4.98 Å². The van der Waals surface area contributed by atoms with Crippen molar-refractivity contribution >= 4 is 5.97 Å². The predicted octanol–water partition coefficient (Wildman–Crippen LogP) is 6.99. The van der Waals surface area contributed by atoms with Crippen LogP contribution >= 0.6 is 0 Å². The molecule has 2 aromatic heterocycles. The number of nitrogens with zero attached hydrogens (tertiary/aromatic N) is 2. The summed E-state index contributed by atoms with van der Waals surface area (Å²) in [6.45, 7) is 2.39. The molecule has 0 aliphatic carbocycles. The third kappa shape index (κ3) is 5.98. The first-order valence-corrected chi connectivity index (χ1v) is 11.8. The van der Waals surface area contributed by atoms with E-state index in [9.17, 15) is 9.90 Å². The van der Waals surface area contributed by atoms with Crippen LogP contribution in [0, 0.1) is 6.92 Å². The number of aromatic carboxylic acids is 1. The monoisotopic (exact) mass is 494 g/mol. The molecule has 3 aromatic carbocycles. The molecule has 2 heterocycles. The number of ether oxygens (including phenoxy) is 1. The molecule has 0 unspecified atom stereocenters. The van der Waals surface area contributed by atoms with Crippen molar-refractivity contribution in [3.63, 3.8) is 0 Å². The molecule has 1 N–H and O–H groups in total. The zero-order valence-corrected chi connectivity index (χ0v) is 19.9. The van der Waals surface area contributed by atoms with Crippen molar-refractivity contribution < 1.29 is 19.1 Å². The van der Waals surface area contributed by atoms with Gasteiger partial charge in [-0.25, -0.2) is 9.78 Å². The van der Waals surface area contributed by atoms with Gasteiger partial charge in [0, 0.05) is 30.1 Å². The second-order valence-corrected chi connectivity index (χ2v) is 8.55. The maximum absolute atomic E-state index is 11.8. The maximum atomic E-state index is 11.8. The highest BCUT2D eigenvalue weighted by Crippen LogP contribution is 2.23. The lowest BCUT2D eigenvalue weighted by Gasteiger charge is -2.07. The first kappa shape index (κ1) is 25.5. The van der Waals surface area contributed by atoms with Crippen molar-refractivity contribution in [2.45, 2.75) is 27.2 Å². The fraction of sp³-hybridized carbons (Fsp3) is 0.161. The minimum atomic E-state index is -0.932. The third-order valence-electron chi connectivity index (χ3n) is 6.03. The molecule has 0 aliphatic rings. The van der Waals surface area contributed by atoms with Gasteiger partial charge in [-0.2, -0.15) is 0 Å². The highest BCUT2D eigenvalue weighted by atomic mass is 16.5. The van der Waals surface area contributed by atoms with Crippen molar-refractivity contribution in [3.05, 3.63) is 125 Å². The number of rotatable bonds is 9. The molecule has 5 aromatic rings. The highest BCUT2D eigenvalue weighted by molar-refractivity contribution is 5.89. The van der Waals surface area contributed by atoms with Crippen LogP contribution in [0.3, 0.4) is 0 Å². The minimum absolute atomic E-state index is 0. The molecule has 0 saturated carbocycles. The van der Waals surface area contributed by atoms with Gasteiger partial charge in [-0.05, 0) is 60.9 Å². The Morgan fingerprint density at radius 2 is 1.62 bits per heavy atom. The molecule has 0 fully saturated rings. The summed E-state index contributed by atoms with van der Waals surface area (Å²) < 4.78 is 13.6. The molecule has 37 heavy (non-hydrogen) atoms. The van der Waals surface area contributed by atoms with E-state index >= 15 is 0 Å². The molecule has 0 radical (unpaired) electrons. The zero-order valence-electron chi connectivity index (χ0n) is 19.9. The number of para-hydroxylation sites is 1. The zero-order chi connectivity index (χ0) is 24.9. The number of hydrogen-bond donors (Lipinski definition) is 1. The Morgan fingerprint density at radius 3 is 2.30 bits per heavy atom. The minimum Gasteiger partial charge on any atom is -0.493 e. The summed E-state index contributed by atoms with van der Waals surface area (Å²) in [6.07, 6.45) is 4.70. The molecule has 0 atom stereocenters. The molecular weight excluding hydrogens is 464 g/mol. The Labute approximate surface area is 216 Å². The van der Waals surface area contributed by atoms with Crippen LogP contribution in [-0.4, -0.2) is 27.2 Å². The largest absolute Gasteiger partial charge is 0.493 e. The fourth-order valence-corrected chi connectivity index (χ4v) is 4.13. The SMILES string of the molecule is C.Cc1oc(-c2ccccc2)nc1CCOc1ccc(Cc2cn(-c3ccccc3)cc2C(=O)O)cc1. The van der Waals surface area contributed by atoms with Crippen molar-refractivity contribution in [1.82, 2.24) is 9.55 Å². The van der Waals surface area contributed by atoms with E-state index in [0.717, 1.165) is 39.6 Å². The second-order valence-electron chi connectivity index (χ2n) is 8.55. The Balaban J connectivity index is 0.00000320. The van der Waals surface area contributed by atoms with Gasteiger partial charge in [0.2, 0.25) is 5.89 Å². The number of hydrogen-bond acceptors (Lipinski definition) is 4. The molecule has 0 saturated heterocycles. The average Bonchev–Trinajstić information content (AvgIpc) is 3.50. The van der Waals surface area contributed by atoms with E-state index in [-0.39, 0.29) is 7.43 Å². The number of oxazole rings is 1. The first-order valence-electron chi connectivity index (χ1n) is 11.8. The molecule has 5 rings (SSSR count). The van der Waals surface area contributed by atoms with Crippen LogP contribution in [0.15, 0.2) is 102 Å². The normalized spacial score (nSPS) is 10.6. The van der Waals surface area contributed by atoms with Gasteiger partial charge in [0.25, 0.3) is 0 Å². The molecule has 0 amide bonds. The number of aryl methyl sites for hydroxylation is 1. The van der Waals surface area contributed by atoms with Gasteiger partial charge in [-0.3, -0.25) is 0 Å². The number of aromatic nitrogens is 2. The van der Waals surface area contributed by atoms with Gasteiger partial charge in [-0.15, -0.1) is 0 Å². The highest BCUT2D eigenvalue weighted by Gasteiger charge is 2.15. The smallest absolute Gasteiger partial charge is 0.337 e. The van der Waals surface area contributed by atoms with Gasteiger partial charge in [0.1, 0.15) is 11.5 Å². The predicted molar refractivity (Wildman–Crippen MR) is 145 cm³/mol. The number of carboxylic acids is 1. The summed E-state index contributed by atoms with van der Waals surface area (Å²) >= 11 is 0. The van der Waals surface area contributed by atoms with Crippen LogP contribution in [0.5, 0.6) is 5.75 Å². The summed E-state index contributed by atoms with van der Waals surface area (Å²) in [4.78, 5) is 16.4. The van der Waals surface area contributed by atoms with Crippen molar-refractivity contribution in [1.29, 1.82) is 0 Å². The van der Waals surface area contributed by atoms with E-state index in [1.54, 1.807) is 6.20 Å². The van der Waals surface area contributed by atoms with E-state index in [4.69, 9.17) is 9.15 Å². The van der Waals surface area contributed by atoms with Crippen molar-refractivity contribution in [3.8, 4) is 22.9 Å².